The van der Waals surface area contributed by atoms with E-state index in [9.17, 15) is 8.42 Å². The average Bonchev–Trinajstić information content (AvgIpc) is 2.63. The number of hydrogen-bond acceptors (Lipinski definition) is 4. The van der Waals surface area contributed by atoms with Crippen molar-refractivity contribution in [2.24, 2.45) is 0 Å². The summed E-state index contributed by atoms with van der Waals surface area (Å²) in [6.07, 6.45) is 5.29. The van der Waals surface area contributed by atoms with Crippen molar-refractivity contribution in [1.29, 1.82) is 0 Å². The van der Waals surface area contributed by atoms with Crippen molar-refractivity contribution in [3.05, 3.63) is 25.2 Å². The highest BCUT2D eigenvalue weighted by Crippen LogP contribution is 2.13. The highest BCUT2D eigenvalue weighted by Gasteiger charge is 2.23. The minimum absolute atomic E-state index is 0.209. The van der Waals surface area contributed by atoms with E-state index in [0.29, 0.717) is 6.42 Å². The van der Waals surface area contributed by atoms with Crippen molar-refractivity contribution in [3.8, 4) is 0 Å². The molecule has 0 aromatic heterocycles. The Kier molecular flexibility index (Phi) is 3.54. The van der Waals surface area contributed by atoms with Crippen molar-refractivity contribution in [2.45, 2.75) is 13.3 Å². The Morgan fingerprint density at radius 3 is 2.79 bits per heavy atom. The molecule has 0 saturated carbocycles. The molecule has 0 fully saturated rings. The summed E-state index contributed by atoms with van der Waals surface area (Å²) in [5.74, 6) is 0. The van der Waals surface area contributed by atoms with E-state index in [2.05, 4.69) is 6.58 Å². The highest BCUT2D eigenvalue weighted by molar-refractivity contribution is 7.84. The molecule has 80 valence electrons. The van der Waals surface area contributed by atoms with Crippen LogP contribution in [0.3, 0.4) is 0 Å². The molecule has 0 radical (unpaired) electrons. The first-order chi connectivity index (χ1) is 6.60. The van der Waals surface area contributed by atoms with Gasteiger partial charge in [-0.3, -0.25) is 4.18 Å². The predicted octanol–water partition coefficient (Wildman–Crippen LogP) is 0.848. The smallest absolute Gasteiger partial charge is 0.334 e. The minimum Gasteiger partial charge on any atom is -0.334 e. The molecule has 0 spiro atoms. The first kappa shape index (κ1) is 11.1. The van der Waals surface area contributed by atoms with Gasteiger partial charge < -0.3 is 4.90 Å². The van der Waals surface area contributed by atoms with Crippen LogP contribution in [0.2, 0.25) is 0 Å². The molecule has 5 nitrogen and oxygen atoms in total. The maximum Gasteiger partial charge on any atom is 0.363 e. The summed E-state index contributed by atoms with van der Waals surface area (Å²) in [6.45, 7) is 5.83. The molecule has 0 saturated heterocycles. The molecular weight excluding hydrogens is 204 g/mol. The summed E-state index contributed by atoms with van der Waals surface area (Å²) >= 11 is 0. The molecule has 1 heterocycles. The van der Waals surface area contributed by atoms with Crippen LogP contribution < -0.4 is 0 Å². The summed E-state index contributed by atoms with van der Waals surface area (Å²) in [4.78, 5) is 1.65. The summed E-state index contributed by atoms with van der Waals surface area (Å²) < 4.78 is 28.8. The zero-order chi connectivity index (χ0) is 10.6. The molecule has 0 bridgehead atoms. The molecule has 0 atom stereocenters. The first-order valence-corrected chi connectivity index (χ1v) is 5.69. The van der Waals surface area contributed by atoms with Crippen molar-refractivity contribution < 1.29 is 12.6 Å². The first-order valence-electron chi connectivity index (χ1n) is 4.33. The standard InChI is InChI=1S/C8H14N2O3S/c1-3-7-13-14(11,12)10-6-5-9(4-2)8-10/h4-6H,2-3,7-8H2,1H3. The van der Waals surface area contributed by atoms with Gasteiger partial charge in [-0.2, -0.15) is 8.42 Å². The second-order valence-corrected chi connectivity index (χ2v) is 4.36. The SMILES string of the molecule is C=CN1C=CN(S(=O)(=O)OCCC)C1. The Labute approximate surface area is 84.5 Å². The van der Waals surface area contributed by atoms with E-state index in [-0.39, 0.29) is 13.3 Å². The van der Waals surface area contributed by atoms with Gasteiger partial charge in [0.2, 0.25) is 0 Å². The Balaban J connectivity index is 2.58. The largest absolute Gasteiger partial charge is 0.363 e. The molecule has 14 heavy (non-hydrogen) atoms. The van der Waals surface area contributed by atoms with Crippen LogP contribution in [0.4, 0.5) is 0 Å². The monoisotopic (exact) mass is 218 g/mol. The molecule has 0 N–H and O–H groups in total. The lowest BCUT2D eigenvalue weighted by atomic mass is 10.5. The van der Waals surface area contributed by atoms with Crippen LogP contribution in [0, 0.1) is 0 Å². The molecule has 1 aliphatic heterocycles. The number of hydrogen-bond donors (Lipinski definition) is 0. The Morgan fingerprint density at radius 1 is 1.57 bits per heavy atom. The van der Waals surface area contributed by atoms with E-state index >= 15 is 0 Å². The molecule has 0 aliphatic carbocycles. The topological polar surface area (TPSA) is 49.9 Å². The normalized spacial score (nSPS) is 16.4. The fraction of sp³-hybridized carbons (Fsp3) is 0.500. The second-order valence-electron chi connectivity index (χ2n) is 2.80. The van der Waals surface area contributed by atoms with E-state index in [1.807, 2.05) is 6.92 Å². The zero-order valence-electron chi connectivity index (χ0n) is 8.09. The summed E-state index contributed by atoms with van der Waals surface area (Å²) in [7, 11) is -3.61. The molecule has 0 aromatic rings. The van der Waals surface area contributed by atoms with Gasteiger partial charge in [0, 0.05) is 12.4 Å². The second kappa shape index (κ2) is 4.47. The maximum atomic E-state index is 11.4. The van der Waals surface area contributed by atoms with Gasteiger partial charge in [0.1, 0.15) is 6.67 Å². The van der Waals surface area contributed by atoms with Crippen LogP contribution >= 0.6 is 0 Å². The number of nitrogens with zero attached hydrogens (tertiary/aromatic N) is 2. The van der Waals surface area contributed by atoms with Gasteiger partial charge in [-0.05, 0) is 12.6 Å². The maximum absolute atomic E-state index is 11.4. The Morgan fingerprint density at radius 2 is 2.29 bits per heavy atom. The van der Waals surface area contributed by atoms with Gasteiger partial charge in [-0.1, -0.05) is 13.5 Å². The lowest BCUT2D eigenvalue weighted by Gasteiger charge is -2.17. The fourth-order valence-electron chi connectivity index (χ4n) is 0.935. The Bertz CT molecular complexity index is 323. The number of rotatable bonds is 5. The molecule has 1 rings (SSSR count). The molecule has 6 heteroatoms. The third-order valence-electron chi connectivity index (χ3n) is 1.69. The van der Waals surface area contributed by atoms with E-state index in [4.69, 9.17) is 4.18 Å². The van der Waals surface area contributed by atoms with E-state index in [1.54, 1.807) is 17.3 Å². The van der Waals surface area contributed by atoms with Crippen LogP contribution in [-0.2, 0) is 14.5 Å². The van der Waals surface area contributed by atoms with Crippen LogP contribution in [0.25, 0.3) is 0 Å². The van der Waals surface area contributed by atoms with Crippen LogP contribution in [0.1, 0.15) is 13.3 Å². The molecule has 0 amide bonds. The van der Waals surface area contributed by atoms with E-state index < -0.39 is 10.3 Å². The molecular formula is C8H14N2O3S. The summed E-state index contributed by atoms with van der Waals surface area (Å²) in [5.41, 5.74) is 0. The molecule has 1 aliphatic rings. The lowest BCUT2D eigenvalue weighted by molar-refractivity contribution is 0.277. The highest BCUT2D eigenvalue weighted by atomic mass is 32.2. The van der Waals surface area contributed by atoms with Gasteiger partial charge in [0.15, 0.2) is 0 Å². The van der Waals surface area contributed by atoms with Crippen molar-refractivity contribution in [3.63, 3.8) is 0 Å². The van der Waals surface area contributed by atoms with Crippen molar-refractivity contribution in [2.75, 3.05) is 13.3 Å². The minimum atomic E-state index is -3.61. The molecule has 0 aromatic carbocycles. The van der Waals surface area contributed by atoms with E-state index in [0.717, 1.165) is 4.31 Å². The van der Waals surface area contributed by atoms with Gasteiger partial charge in [-0.25, -0.2) is 4.31 Å². The van der Waals surface area contributed by atoms with Crippen LogP contribution in [0.15, 0.2) is 25.2 Å². The quantitative estimate of drug-likeness (QED) is 0.686. The van der Waals surface area contributed by atoms with Gasteiger partial charge in [-0.15, -0.1) is 0 Å². The average molecular weight is 218 g/mol. The van der Waals surface area contributed by atoms with Gasteiger partial charge in [0.25, 0.3) is 0 Å². The van der Waals surface area contributed by atoms with Crippen molar-refractivity contribution in [1.82, 2.24) is 9.21 Å². The van der Waals surface area contributed by atoms with Gasteiger partial charge >= 0.3 is 10.3 Å². The third kappa shape index (κ3) is 2.49. The lowest BCUT2D eigenvalue weighted by Crippen LogP contribution is -2.30. The fourth-order valence-corrected chi connectivity index (χ4v) is 1.93. The zero-order valence-corrected chi connectivity index (χ0v) is 8.90. The van der Waals surface area contributed by atoms with Crippen molar-refractivity contribution >= 4 is 10.3 Å². The Hall–Kier alpha value is -1.01. The summed E-state index contributed by atoms with van der Waals surface area (Å²) in [6, 6.07) is 0. The van der Waals surface area contributed by atoms with E-state index in [1.165, 1.54) is 6.20 Å². The van der Waals surface area contributed by atoms with Crippen LogP contribution in [-0.4, -0.2) is 30.9 Å². The molecule has 0 unspecified atom stereocenters. The summed E-state index contributed by atoms with van der Waals surface area (Å²) in [5, 5.41) is 0. The van der Waals surface area contributed by atoms with Gasteiger partial charge in [0.05, 0.1) is 6.61 Å². The predicted molar refractivity (Wildman–Crippen MR) is 53.0 cm³/mol. The van der Waals surface area contributed by atoms with Crippen LogP contribution in [0.5, 0.6) is 0 Å². The third-order valence-corrected chi connectivity index (χ3v) is 2.96.